The van der Waals surface area contributed by atoms with Crippen LogP contribution in [0.15, 0.2) is 17.1 Å². The van der Waals surface area contributed by atoms with Crippen LogP contribution in [-0.4, -0.2) is 37.0 Å². The molecule has 1 aromatic carbocycles. The summed E-state index contributed by atoms with van der Waals surface area (Å²) in [5, 5.41) is 2.84. The van der Waals surface area contributed by atoms with Gasteiger partial charge in [0.15, 0.2) is 0 Å². The van der Waals surface area contributed by atoms with Crippen molar-refractivity contribution in [2.75, 3.05) is 13.7 Å². The number of hydrogen-bond donors (Lipinski definition) is 1. The lowest BCUT2D eigenvalue weighted by atomic mass is 9.89. The van der Waals surface area contributed by atoms with E-state index in [1.54, 1.807) is 6.07 Å². The number of methoxy groups -OCH3 is 1. The molecular formula is C18H22N2O4. The smallest absolute Gasteiger partial charge is 0.338 e. The largest absolute Gasteiger partial charge is 0.465 e. The molecule has 6 nitrogen and oxygen atoms in total. The van der Waals surface area contributed by atoms with Gasteiger partial charge in [-0.3, -0.25) is 9.79 Å². The highest BCUT2D eigenvalue weighted by molar-refractivity contribution is 6.18. The molecule has 0 saturated heterocycles. The molecule has 0 bridgehead atoms. The number of fused-ring (bicyclic) bond motifs is 1. The Bertz CT molecular complexity index is 739. The van der Waals surface area contributed by atoms with Gasteiger partial charge in [-0.05, 0) is 42.5 Å². The second-order valence-corrected chi connectivity index (χ2v) is 6.68. The monoisotopic (exact) mass is 330 g/mol. The molecule has 24 heavy (non-hydrogen) atoms. The fraction of sp³-hybridized carbons (Fsp3) is 0.500. The van der Waals surface area contributed by atoms with Crippen LogP contribution in [0.25, 0.3) is 0 Å². The summed E-state index contributed by atoms with van der Waals surface area (Å²) in [6, 6.07) is 3.71. The summed E-state index contributed by atoms with van der Waals surface area (Å²) in [6.07, 6.45) is 0.770. The van der Waals surface area contributed by atoms with E-state index in [0.29, 0.717) is 30.2 Å². The van der Waals surface area contributed by atoms with Gasteiger partial charge in [-0.2, -0.15) is 0 Å². The van der Waals surface area contributed by atoms with Crippen molar-refractivity contribution in [2.45, 2.75) is 39.3 Å². The molecule has 1 atom stereocenters. The van der Waals surface area contributed by atoms with Gasteiger partial charge >= 0.3 is 5.97 Å². The lowest BCUT2D eigenvalue weighted by molar-refractivity contribution is -0.124. The Hall–Kier alpha value is -2.21. The van der Waals surface area contributed by atoms with Crippen LogP contribution in [0.1, 0.15) is 47.8 Å². The summed E-state index contributed by atoms with van der Waals surface area (Å²) in [5.41, 5.74) is 2.26. The predicted molar refractivity (Wildman–Crippen MR) is 89.1 cm³/mol. The van der Waals surface area contributed by atoms with Crippen LogP contribution in [0.3, 0.4) is 0 Å². The van der Waals surface area contributed by atoms with Crippen molar-refractivity contribution >= 4 is 17.7 Å². The standard InChI is InChI=1S/C18H22N2O4/c1-10(2)18(3)17(22)19-15(20-18)13-7-11-5-6-24-9-12(11)8-14(13)16(21)23-4/h7-8,10H,5-6,9H2,1-4H3,(H,19,20,22). The number of rotatable bonds is 3. The number of carbonyl (C=O) groups is 2. The maximum Gasteiger partial charge on any atom is 0.338 e. The molecule has 2 heterocycles. The van der Waals surface area contributed by atoms with E-state index in [-0.39, 0.29) is 11.8 Å². The number of benzene rings is 1. The average Bonchev–Trinajstić information content (AvgIpc) is 2.89. The molecule has 0 saturated carbocycles. The molecule has 6 heteroatoms. The van der Waals surface area contributed by atoms with Gasteiger partial charge < -0.3 is 14.8 Å². The topological polar surface area (TPSA) is 77.0 Å². The number of ether oxygens (including phenoxy) is 2. The highest BCUT2D eigenvalue weighted by Gasteiger charge is 2.42. The summed E-state index contributed by atoms with van der Waals surface area (Å²) in [6.45, 7) is 6.84. The van der Waals surface area contributed by atoms with E-state index in [1.807, 2.05) is 26.8 Å². The molecular weight excluding hydrogens is 308 g/mol. The number of nitrogens with zero attached hydrogens (tertiary/aromatic N) is 1. The van der Waals surface area contributed by atoms with Crippen LogP contribution in [0, 0.1) is 5.92 Å². The molecule has 128 valence electrons. The van der Waals surface area contributed by atoms with Crippen LogP contribution >= 0.6 is 0 Å². The van der Waals surface area contributed by atoms with E-state index in [1.165, 1.54) is 7.11 Å². The molecule has 1 amide bonds. The Morgan fingerprint density at radius 1 is 1.38 bits per heavy atom. The lowest BCUT2D eigenvalue weighted by Gasteiger charge is -2.21. The highest BCUT2D eigenvalue weighted by atomic mass is 16.5. The molecule has 0 aliphatic carbocycles. The van der Waals surface area contributed by atoms with E-state index in [0.717, 1.165) is 17.5 Å². The van der Waals surface area contributed by atoms with Gasteiger partial charge in [0.2, 0.25) is 0 Å². The van der Waals surface area contributed by atoms with Gasteiger partial charge in [0.25, 0.3) is 5.91 Å². The van der Waals surface area contributed by atoms with Gasteiger partial charge in [-0.1, -0.05) is 13.8 Å². The predicted octanol–water partition coefficient (Wildman–Crippen LogP) is 1.84. The van der Waals surface area contributed by atoms with E-state index in [4.69, 9.17) is 9.47 Å². The number of carbonyl (C=O) groups excluding carboxylic acids is 2. The third kappa shape index (κ3) is 2.60. The van der Waals surface area contributed by atoms with Crippen LogP contribution in [0.5, 0.6) is 0 Å². The van der Waals surface area contributed by atoms with E-state index in [9.17, 15) is 9.59 Å². The Morgan fingerprint density at radius 2 is 2.12 bits per heavy atom. The molecule has 1 unspecified atom stereocenters. The van der Waals surface area contributed by atoms with Crippen LogP contribution in [0.2, 0.25) is 0 Å². The fourth-order valence-electron chi connectivity index (χ4n) is 2.96. The first kappa shape index (κ1) is 16.6. The third-order valence-electron chi connectivity index (χ3n) is 4.93. The second-order valence-electron chi connectivity index (χ2n) is 6.68. The number of aliphatic imine (C=N–C) groups is 1. The van der Waals surface area contributed by atoms with Gasteiger partial charge in [0, 0.05) is 5.56 Å². The normalized spacial score (nSPS) is 22.9. The number of hydrogen-bond acceptors (Lipinski definition) is 5. The number of nitrogens with one attached hydrogen (secondary N) is 1. The first-order valence-corrected chi connectivity index (χ1v) is 8.10. The van der Waals surface area contributed by atoms with Crippen molar-refractivity contribution in [3.63, 3.8) is 0 Å². The van der Waals surface area contributed by atoms with Gasteiger partial charge in [-0.25, -0.2) is 4.79 Å². The first-order valence-electron chi connectivity index (χ1n) is 8.10. The van der Waals surface area contributed by atoms with Crippen molar-refractivity contribution in [3.05, 3.63) is 34.4 Å². The van der Waals surface area contributed by atoms with E-state index >= 15 is 0 Å². The summed E-state index contributed by atoms with van der Waals surface area (Å²) in [7, 11) is 1.34. The SMILES string of the molecule is COC(=O)c1cc2c(cc1C1=NC(C)(C(C)C)C(=O)N1)CCOC2. The Balaban J connectivity index is 2.13. The molecule has 2 aliphatic rings. The zero-order valence-electron chi connectivity index (χ0n) is 14.4. The van der Waals surface area contributed by atoms with Gasteiger partial charge in [-0.15, -0.1) is 0 Å². The molecule has 1 N–H and O–H groups in total. The van der Waals surface area contributed by atoms with E-state index in [2.05, 4.69) is 10.3 Å². The van der Waals surface area contributed by atoms with E-state index < -0.39 is 11.5 Å². The fourth-order valence-corrected chi connectivity index (χ4v) is 2.96. The molecule has 0 aromatic heterocycles. The minimum atomic E-state index is -0.832. The molecule has 2 aliphatic heterocycles. The van der Waals surface area contributed by atoms with Gasteiger partial charge in [0.05, 0.1) is 25.9 Å². The number of esters is 1. The first-order chi connectivity index (χ1) is 11.4. The Kier molecular flexibility index (Phi) is 4.17. The zero-order valence-corrected chi connectivity index (χ0v) is 14.4. The Morgan fingerprint density at radius 3 is 2.75 bits per heavy atom. The summed E-state index contributed by atoms with van der Waals surface area (Å²) in [5.74, 6) is -0.119. The number of amides is 1. The zero-order chi connectivity index (χ0) is 17.5. The Labute approximate surface area is 141 Å². The molecule has 3 rings (SSSR count). The minimum absolute atomic E-state index is 0.0441. The molecule has 0 spiro atoms. The van der Waals surface area contributed by atoms with Crippen molar-refractivity contribution in [1.82, 2.24) is 5.32 Å². The molecule has 1 aromatic rings. The van der Waals surface area contributed by atoms with Crippen LogP contribution in [0.4, 0.5) is 0 Å². The maximum atomic E-state index is 12.4. The quantitative estimate of drug-likeness (QED) is 0.858. The van der Waals surface area contributed by atoms with Crippen molar-refractivity contribution in [2.24, 2.45) is 10.9 Å². The van der Waals surface area contributed by atoms with Crippen molar-refractivity contribution in [3.8, 4) is 0 Å². The van der Waals surface area contributed by atoms with Crippen LogP contribution in [-0.2, 0) is 27.3 Å². The minimum Gasteiger partial charge on any atom is -0.465 e. The summed E-state index contributed by atoms with van der Waals surface area (Å²) >= 11 is 0. The van der Waals surface area contributed by atoms with Crippen LogP contribution < -0.4 is 5.32 Å². The maximum absolute atomic E-state index is 12.4. The van der Waals surface area contributed by atoms with Crippen molar-refractivity contribution in [1.29, 1.82) is 0 Å². The van der Waals surface area contributed by atoms with Crippen molar-refractivity contribution < 1.29 is 19.1 Å². The highest BCUT2D eigenvalue weighted by Crippen LogP contribution is 2.29. The van der Waals surface area contributed by atoms with Gasteiger partial charge in [0.1, 0.15) is 11.4 Å². The number of amidine groups is 1. The summed E-state index contributed by atoms with van der Waals surface area (Å²) in [4.78, 5) is 29.2. The second kappa shape index (κ2) is 6.02. The summed E-state index contributed by atoms with van der Waals surface area (Å²) < 4.78 is 10.4. The molecule has 0 radical (unpaired) electrons. The molecule has 0 fully saturated rings. The third-order valence-corrected chi connectivity index (χ3v) is 4.93. The average molecular weight is 330 g/mol. The lowest BCUT2D eigenvalue weighted by Crippen LogP contribution is -2.41.